The van der Waals surface area contributed by atoms with Gasteiger partial charge in [0.2, 0.25) is 5.91 Å². The summed E-state index contributed by atoms with van der Waals surface area (Å²) in [4.78, 5) is 15.5. The molecule has 4 aliphatic rings. The minimum Gasteiger partial charge on any atom is -0.378 e. The van der Waals surface area contributed by atoms with E-state index in [4.69, 9.17) is 10.2 Å². The van der Waals surface area contributed by atoms with Crippen LogP contribution in [0.5, 0.6) is 0 Å². The van der Waals surface area contributed by atoms with Crippen LogP contribution in [0.15, 0.2) is 77.9 Å². The molecule has 0 atom stereocenters. The number of hydrogen-bond donors (Lipinski definition) is 2. The largest absolute Gasteiger partial charge is 0.378 e. The molecule has 0 aromatic heterocycles. The van der Waals surface area contributed by atoms with E-state index in [-0.39, 0.29) is 11.8 Å². The topological polar surface area (TPSA) is 67.6 Å². The van der Waals surface area contributed by atoms with Gasteiger partial charge in [-0.05, 0) is 86.6 Å². The Bertz CT molecular complexity index is 1060. The molecule has 1 saturated carbocycles. The van der Waals surface area contributed by atoms with E-state index in [1.54, 1.807) is 5.57 Å². The van der Waals surface area contributed by atoms with Gasteiger partial charge in [0.1, 0.15) is 0 Å². The molecule has 5 rings (SSSR count). The van der Waals surface area contributed by atoms with Crippen LogP contribution in [-0.2, 0) is 15.6 Å². The third kappa shape index (κ3) is 9.26. The first-order chi connectivity index (χ1) is 19.2. The molecule has 210 valence electrons. The van der Waals surface area contributed by atoms with Gasteiger partial charge >= 0.3 is 0 Å². The zero-order chi connectivity index (χ0) is 27.3. The highest BCUT2D eigenvalue weighted by Crippen LogP contribution is 2.35. The van der Waals surface area contributed by atoms with Crippen LogP contribution < -0.4 is 11.2 Å². The van der Waals surface area contributed by atoms with Crippen molar-refractivity contribution in [2.24, 2.45) is 17.7 Å². The standard InChI is InChI=1S/C19H24N2O2S.C14H21N/c20-23-24-18-8-4-3-7-17(18)15-11-9-14(10-12-15)13-21-19(22)16-5-1-2-6-16;1-2-15-10-8-14(9-11-15)12-13-6-4-3-5-7-13/h7-12,16H,1-6,13,20H2,(H,21,22);2,4,6-7,14H,1,3,5,8-12H2. The van der Waals surface area contributed by atoms with E-state index in [9.17, 15) is 4.79 Å². The highest BCUT2D eigenvalue weighted by atomic mass is 32.2. The van der Waals surface area contributed by atoms with Gasteiger partial charge in [-0.25, -0.2) is 10.2 Å². The Morgan fingerprint density at radius 2 is 1.74 bits per heavy atom. The maximum atomic E-state index is 12.1. The summed E-state index contributed by atoms with van der Waals surface area (Å²) in [5.74, 6) is 6.52. The van der Waals surface area contributed by atoms with Gasteiger partial charge in [-0.15, -0.1) is 0 Å². The average Bonchev–Trinajstić information content (AvgIpc) is 3.54. The van der Waals surface area contributed by atoms with Crippen LogP contribution in [0, 0.1) is 11.8 Å². The van der Waals surface area contributed by atoms with Crippen molar-refractivity contribution >= 4 is 23.5 Å². The number of likely N-dealkylation sites (tertiary alicyclic amines) is 1. The fourth-order valence-corrected chi connectivity index (χ4v) is 6.44. The molecule has 1 heterocycles. The van der Waals surface area contributed by atoms with Crippen molar-refractivity contribution in [3.05, 3.63) is 89.0 Å². The Kier molecular flexibility index (Phi) is 12.0. The normalized spacial score (nSPS) is 19.9. The van der Waals surface area contributed by atoms with Crippen LogP contribution in [0.2, 0.25) is 0 Å². The first-order valence-corrected chi connectivity index (χ1v) is 15.4. The predicted molar refractivity (Wildman–Crippen MR) is 164 cm³/mol. The monoisotopic (exact) mass is 547 g/mol. The van der Waals surface area contributed by atoms with Crippen LogP contribution >= 0.6 is 12.0 Å². The Morgan fingerprint density at radius 3 is 2.41 bits per heavy atom. The Hall–Kier alpha value is -2.54. The number of nitrogens with two attached hydrogens (primary N) is 1. The molecule has 6 heteroatoms. The van der Waals surface area contributed by atoms with Crippen molar-refractivity contribution in [3.63, 3.8) is 0 Å². The first kappa shape index (κ1) is 29.4. The van der Waals surface area contributed by atoms with Crippen molar-refractivity contribution in [2.75, 3.05) is 13.1 Å². The highest BCUT2D eigenvalue weighted by molar-refractivity contribution is 7.99. The van der Waals surface area contributed by atoms with Crippen molar-refractivity contribution in [1.29, 1.82) is 0 Å². The third-order valence-corrected chi connectivity index (χ3v) is 8.87. The van der Waals surface area contributed by atoms with E-state index in [0.29, 0.717) is 6.54 Å². The lowest BCUT2D eigenvalue weighted by molar-refractivity contribution is -0.124. The summed E-state index contributed by atoms with van der Waals surface area (Å²) in [5, 5.41) is 3.06. The second-order valence-corrected chi connectivity index (χ2v) is 11.8. The van der Waals surface area contributed by atoms with Gasteiger partial charge in [-0.3, -0.25) is 4.79 Å². The number of amides is 1. The molecule has 1 aromatic rings. The molecule has 0 spiro atoms. The maximum absolute atomic E-state index is 12.1. The number of hydrogen-bond acceptors (Lipinski definition) is 5. The summed E-state index contributed by atoms with van der Waals surface area (Å²) in [6, 6.07) is 8.34. The molecule has 1 aliphatic heterocycles. The molecule has 39 heavy (non-hydrogen) atoms. The van der Waals surface area contributed by atoms with Gasteiger partial charge in [-0.2, -0.15) is 0 Å². The van der Waals surface area contributed by atoms with Crippen molar-refractivity contribution in [1.82, 2.24) is 10.2 Å². The SMILES string of the molecule is C=CN1CCC(CC2=CCCC=C2)CC1.NOSC1=CCCC=C1c1ccc(CNC(=O)C2CCCC2)cc1. The zero-order valence-electron chi connectivity index (χ0n) is 23.3. The predicted octanol–water partition coefficient (Wildman–Crippen LogP) is 7.60. The zero-order valence-corrected chi connectivity index (χ0v) is 24.1. The number of benzene rings is 1. The Labute approximate surface area is 239 Å². The molecule has 5 nitrogen and oxygen atoms in total. The van der Waals surface area contributed by atoms with Gasteiger partial charge in [-0.1, -0.05) is 79.6 Å². The number of carbonyl (C=O) groups excluding carboxylic acids is 1. The average molecular weight is 548 g/mol. The second kappa shape index (κ2) is 15.9. The molecule has 1 amide bonds. The first-order valence-electron chi connectivity index (χ1n) is 14.7. The van der Waals surface area contributed by atoms with Crippen LogP contribution in [0.25, 0.3) is 5.57 Å². The number of allylic oxidation sites excluding steroid dienone is 7. The molecular formula is C33H45N3O2S. The highest BCUT2D eigenvalue weighted by Gasteiger charge is 2.22. The number of rotatable bonds is 9. The molecule has 3 N–H and O–H groups in total. The Balaban J connectivity index is 0.000000202. The van der Waals surface area contributed by atoms with Gasteiger partial charge < -0.3 is 10.2 Å². The minimum absolute atomic E-state index is 0.202. The fraction of sp³-hybridized carbons (Fsp3) is 0.485. The van der Waals surface area contributed by atoms with E-state index in [0.717, 1.165) is 47.6 Å². The van der Waals surface area contributed by atoms with Crippen LogP contribution in [0.3, 0.4) is 0 Å². The molecule has 0 radical (unpaired) electrons. The molecular weight excluding hydrogens is 502 g/mol. The van der Waals surface area contributed by atoms with Crippen LogP contribution in [0.4, 0.5) is 0 Å². The van der Waals surface area contributed by atoms with Crippen molar-refractivity contribution < 1.29 is 9.08 Å². The van der Waals surface area contributed by atoms with E-state index in [1.807, 2.05) is 6.20 Å². The van der Waals surface area contributed by atoms with Gasteiger partial charge in [0.05, 0.1) is 12.0 Å². The Morgan fingerprint density at radius 1 is 1.03 bits per heavy atom. The summed E-state index contributed by atoms with van der Waals surface area (Å²) in [5.41, 5.74) is 5.00. The lowest BCUT2D eigenvalue weighted by Crippen LogP contribution is -2.29. The molecule has 3 aliphatic carbocycles. The molecule has 1 aromatic carbocycles. The molecule has 1 saturated heterocycles. The number of nitrogens with zero attached hydrogens (tertiary/aromatic N) is 1. The van der Waals surface area contributed by atoms with Gasteiger partial charge in [0.25, 0.3) is 0 Å². The van der Waals surface area contributed by atoms with E-state index in [1.165, 1.54) is 75.7 Å². The molecule has 2 fully saturated rings. The van der Waals surface area contributed by atoms with Crippen LogP contribution in [-0.4, -0.2) is 23.9 Å². The summed E-state index contributed by atoms with van der Waals surface area (Å²) >= 11 is 1.20. The number of piperidine rings is 1. The number of carbonyl (C=O) groups is 1. The smallest absolute Gasteiger partial charge is 0.223 e. The van der Waals surface area contributed by atoms with E-state index < -0.39 is 0 Å². The van der Waals surface area contributed by atoms with Gasteiger partial charge in [0.15, 0.2) is 0 Å². The van der Waals surface area contributed by atoms with E-state index in [2.05, 4.69) is 71.4 Å². The summed E-state index contributed by atoms with van der Waals surface area (Å²) in [6.07, 6.45) is 26.3. The van der Waals surface area contributed by atoms with E-state index >= 15 is 0 Å². The lowest BCUT2D eigenvalue weighted by Gasteiger charge is -2.31. The summed E-state index contributed by atoms with van der Waals surface area (Å²) < 4.78 is 4.73. The summed E-state index contributed by atoms with van der Waals surface area (Å²) in [7, 11) is 0. The third-order valence-electron chi connectivity index (χ3n) is 8.21. The number of nitrogens with one attached hydrogen (secondary N) is 1. The van der Waals surface area contributed by atoms with Crippen molar-refractivity contribution in [3.8, 4) is 0 Å². The molecule has 0 bridgehead atoms. The van der Waals surface area contributed by atoms with Crippen molar-refractivity contribution in [2.45, 2.75) is 77.2 Å². The maximum Gasteiger partial charge on any atom is 0.223 e. The summed E-state index contributed by atoms with van der Waals surface area (Å²) in [6.45, 7) is 6.82. The quantitative estimate of drug-likeness (QED) is 0.246. The fourth-order valence-electron chi connectivity index (χ4n) is 5.86. The second-order valence-electron chi connectivity index (χ2n) is 11.0. The lowest BCUT2D eigenvalue weighted by atomic mass is 9.88. The van der Waals surface area contributed by atoms with Gasteiger partial charge in [0, 0.05) is 30.5 Å². The minimum atomic E-state index is 0.202. The molecule has 0 unspecified atom stereocenters. The van der Waals surface area contributed by atoms with Crippen LogP contribution in [0.1, 0.15) is 81.8 Å².